The molecule has 4 heteroatoms. The summed E-state index contributed by atoms with van der Waals surface area (Å²) in [5.74, 6) is -0.954. The van der Waals surface area contributed by atoms with Crippen molar-refractivity contribution in [3.8, 4) is 0 Å². The molecule has 0 amide bonds. The topological polar surface area (TPSA) is 50.2 Å². The molecule has 0 bridgehead atoms. The molecule has 2 aromatic rings. The summed E-state index contributed by atoms with van der Waals surface area (Å²) < 4.78 is 1.07. The Bertz CT molecular complexity index is 469. The number of carboxylic acids is 1. The summed E-state index contributed by atoms with van der Waals surface area (Å²) in [6.07, 6.45) is 2.60. The van der Waals surface area contributed by atoms with Crippen molar-refractivity contribution < 1.29 is 9.90 Å². The van der Waals surface area contributed by atoms with E-state index in [9.17, 15) is 4.79 Å². The molecular formula is C10H7NO2S. The van der Waals surface area contributed by atoms with Crippen LogP contribution in [-0.4, -0.2) is 16.1 Å². The van der Waals surface area contributed by atoms with E-state index in [0.717, 1.165) is 16.3 Å². The van der Waals surface area contributed by atoms with E-state index in [1.54, 1.807) is 0 Å². The molecule has 0 aliphatic carbocycles. The molecule has 0 atom stereocenters. The first-order valence-electron chi connectivity index (χ1n) is 4.02. The second-order valence-corrected chi connectivity index (χ2v) is 3.75. The Kier molecular flexibility index (Phi) is 2.28. The number of rotatable bonds is 2. The number of hydrogen-bond donors (Lipinski definition) is 1. The molecule has 0 saturated carbocycles. The highest BCUT2D eigenvalue weighted by Gasteiger charge is 1.99. The van der Waals surface area contributed by atoms with Gasteiger partial charge in [-0.1, -0.05) is 12.1 Å². The van der Waals surface area contributed by atoms with E-state index in [4.69, 9.17) is 5.11 Å². The Morgan fingerprint density at radius 2 is 2.21 bits per heavy atom. The molecule has 0 fully saturated rings. The van der Waals surface area contributed by atoms with Gasteiger partial charge in [0, 0.05) is 6.08 Å². The summed E-state index contributed by atoms with van der Waals surface area (Å²) in [4.78, 5) is 14.5. The number of benzene rings is 1. The van der Waals surface area contributed by atoms with E-state index in [1.165, 1.54) is 17.4 Å². The van der Waals surface area contributed by atoms with Gasteiger partial charge in [-0.3, -0.25) is 0 Å². The Labute approximate surface area is 84.3 Å². The van der Waals surface area contributed by atoms with Crippen LogP contribution in [-0.2, 0) is 4.79 Å². The van der Waals surface area contributed by atoms with Crippen molar-refractivity contribution in [1.29, 1.82) is 0 Å². The van der Waals surface area contributed by atoms with Gasteiger partial charge < -0.3 is 5.11 Å². The van der Waals surface area contributed by atoms with Crippen LogP contribution in [0.1, 0.15) is 5.01 Å². The molecule has 1 aromatic heterocycles. The lowest BCUT2D eigenvalue weighted by atomic mass is 10.3. The predicted octanol–water partition coefficient (Wildman–Crippen LogP) is 2.39. The van der Waals surface area contributed by atoms with Gasteiger partial charge in [-0.25, -0.2) is 9.78 Å². The molecule has 0 spiro atoms. The van der Waals surface area contributed by atoms with Crippen molar-refractivity contribution in [2.24, 2.45) is 0 Å². The number of carboxylic acid groups (broad SMARTS) is 1. The molecule has 14 heavy (non-hydrogen) atoms. The van der Waals surface area contributed by atoms with Gasteiger partial charge in [0.2, 0.25) is 0 Å². The number of hydrogen-bond acceptors (Lipinski definition) is 3. The van der Waals surface area contributed by atoms with Gasteiger partial charge >= 0.3 is 5.97 Å². The third-order valence-electron chi connectivity index (χ3n) is 1.68. The number of para-hydroxylation sites is 1. The average molecular weight is 205 g/mol. The third-order valence-corrected chi connectivity index (χ3v) is 2.68. The van der Waals surface area contributed by atoms with Gasteiger partial charge in [-0.05, 0) is 18.2 Å². The summed E-state index contributed by atoms with van der Waals surface area (Å²) in [6.45, 7) is 0. The summed E-state index contributed by atoms with van der Waals surface area (Å²) in [6, 6.07) is 7.72. The third kappa shape index (κ3) is 1.80. The van der Waals surface area contributed by atoms with Crippen LogP contribution in [0.3, 0.4) is 0 Å². The average Bonchev–Trinajstić information content (AvgIpc) is 2.57. The maximum absolute atomic E-state index is 10.3. The Balaban J connectivity index is 2.40. The van der Waals surface area contributed by atoms with Crippen LogP contribution in [0.2, 0.25) is 0 Å². The lowest BCUT2D eigenvalue weighted by Crippen LogP contribution is -1.84. The quantitative estimate of drug-likeness (QED) is 0.766. The Hall–Kier alpha value is -1.68. The first-order chi connectivity index (χ1) is 6.75. The number of aromatic nitrogens is 1. The minimum Gasteiger partial charge on any atom is -0.478 e. The zero-order valence-corrected chi connectivity index (χ0v) is 7.99. The summed E-state index contributed by atoms with van der Waals surface area (Å²) in [5, 5.41) is 9.16. The first-order valence-corrected chi connectivity index (χ1v) is 4.84. The minimum absolute atomic E-state index is 0.716. The molecule has 2 rings (SSSR count). The van der Waals surface area contributed by atoms with Crippen molar-refractivity contribution in [3.63, 3.8) is 0 Å². The van der Waals surface area contributed by atoms with Crippen LogP contribution in [0.25, 0.3) is 16.3 Å². The molecule has 3 nitrogen and oxygen atoms in total. The van der Waals surface area contributed by atoms with E-state index >= 15 is 0 Å². The van der Waals surface area contributed by atoms with Gasteiger partial charge in [0.05, 0.1) is 10.2 Å². The minimum atomic E-state index is -0.954. The van der Waals surface area contributed by atoms with E-state index in [1.807, 2.05) is 24.3 Å². The smallest absolute Gasteiger partial charge is 0.328 e. The fourth-order valence-electron chi connectivity index (χ4n) is 1.10. The number of aliphatic carboxylic acids is 1. The Morgan fingerprint density at radius 3 is 2.93 bits per heavy atom. The van der Waals surface area contributed by atoms with Crippen LogP contribution in [0.15, 0.2) is 30.3 Å². The van der Waals surface area contributed by atoms with E-state index < -0.39 is 5.97 Å². The van der Waals surface area contributed by atoms with Crippen LogP contribution >= 0.6 is 11.3 Å². The van der Waals surface area contributed by atoms with Crippen molar-refractivity contribution >= 4 is 33.6 Å². The maximum Gasteiger partial charge on any atom is 0.328 e. The lowest BCUT2D eigenvalue weighted by molar-refractivity contribution is -0.131. The van der Waals surface area contributed by atoms with Crippen molar-refractivity contribution in [3.05, 3.63) is 35.3 Å². The fourth-order valence-corrected chi connectivity index (χ4v) is 1.97. The van der Waals surface area contributed by atoms with E-state index in [0.29, 0.717) is 5.01 Å². The second kappa shape index (κ2) is 3.59. The van der Waals surface area contributed by atoms with Crippen LogP contribution in [0, 0.1) is 0 Å². The van der Waals surface area contributed by atoms with Crippen molar-refractivity contribution in [1.82, 2.24) is 4.98 Å². The summed E-state index contributed by atoms with van der Waals surface area (Å²) >= 11 is 1.48. The second-order valence-electron chi connectivity index (χ2n) is 2.69. The molecule has 0 radical (unpaired) electrons. The highest BCUT2D eigenvalue weighted by molar-refractivity contribution is 7.19. The number of thiazole rings is 1. The van der Waals surface area contributed by atoms with Crippen molar-refractivity contribution in [2.45, 2.75) is 0 Å². The zero-order chi connectivity index (χ0) is 9.97. The maximum atomic E-state index is 10.3. The van der Waals surface area contributed by atoms with Gasteiger partial charge in [-0.2, -0.15) is 0 Å². The van der Waals surface area contributed by atoms with Gasteiger partial charge in [0.25, 0.3) is 0 Å². The normalized spacial score (nSPS) is 11.1. The largest absolute Gasteiger partial charge is 0.478 e. The van der Waals surface area contributed by atoms with E-state index in [2.05, 4.69) is 4.98 Å². The van der Waals surface area contributed by atoms with Crippen LogP contribution in [0.5, 0.6) is 0 Å². The molecule has 1 N–H and O–H groups in total. The highest BCUT2D eigenvalue weighted by atomic mass is 32.1. The van der Waals surface area contributed by atoms with E-state index in [-0.39, 0.29) is 0 Å². The standard InChI is InChI=1S/C10H7NO2S/c12-10(13)6-5-9-11-7-3-1-2-4-8(7)14-9/h1-6H,(H,12,13)/b6-5-. The molecule has 0 aliphatic rings. The van der Waals surface area contributed by atoms with Gasteiger partial charge in [0.1, 0.15) is 5.01 Å². The fraction of sp³-hybridized carbons (Fsp3) is 0. The lowest BCUT2D eigenvalue weighted by Gasteiger charge is -1.80. The molecule has 70 valence electrons. The zero-order valence-electron chi connectivity index (χ0n) is 7.18. The highest BCUT2D eigenvalue weighted by Crippen LogP contribution is 2.22. The molecule has 0 saturated heterocycles. The molecular weight excluding hydrogens is 198 g/mol. The Morgan fingerprint density at radius 1 is 1.43 bits per heavy atom. The first kappa shape index (κ1) is 8.90. The van der Waals surface area contributed by atoms with Crippen LogP contribution in [0.4, 0.5) is 0 Å². The molecule has 0 aliphatic heterocycles. The number of nitrogens with zero attached hydrogens (tertiary/aromatic N) is 1. The summed E-state index contributed by atoms with van der Waals surface area (Å²) in [5.41, 5.74) is 0.905. The van der Waals surface area contributed by atoms with Gasteiger partial charge in [-0.15, -0.1) is 11.3 Å². The van der Waals surface area contributed by atoms with Crippen molar-refractivity contribution in [2.75, 3.05) is 0 Å². The number of fused-ring (bicyclic) bond motifs is 1. The summed E-state index contributed by atoms with van der Waals surface area (Å²) in [7, 11) is 0. The molecule has 1 aromatic carbocycles. The van der Waals surface area contributed by atoms with Crippen LogP contribution < -0.4 is 0 Å². The van der Waals surface area contributed by atoms with Gasteiger partial charge in [0.15, 0.2) is 0 Å². The predicted molar refractivity (Wildman–Crippen MR) is 56.3 cm³/mol. The molecule has 1 heterocycles. The SMILES string of the molecule is O=C(O)/C=C\c1nc2ccccc2s1. The number of carbonyl (C=O) groups is 1. The molecule has 0 unspecified atom stereocenters. The monoisotopic (exact) mass is 205 g/mol.